The SMILES string of the molecule is O=C(CCc1ccccc1)N1CCN(CCCc2ccccc2)CC1. The molecule has 132 valence electrons. The van der Waals surface area contributed by atoms with Crippen molar-refractivity contribution in [3.8, 4) is 0 Å². The second-order valence-electron chi connectivity index (χ2n) is 6.80. The van der Waals surface area contributed by atoms with Crippen LogP contribution in [-0.4, -0.2) is 48.4 Å². The number of amides is 1. The topological polar surface area (TPSA) is 23.6 Å². The molecule has 0 atom stereocenters. The van der Waals surface area contributed by atoms with Crippen molar-refractivity contribution in [2.24, 2.45) is 0 Å². The van der Waals surface area contributed by atoms with Gasteiger partial charge in [-0.25, -0.2) is 0 Å². The Hall–Kier alpha value is -2.13. The van der Waals surface area contributed by atoms with E-state index in [2.05, 4.69) is 47.4 Å². The van der Waals surface area contributed by atoms with Crippen LogP contribution >= 0.6 is 0 Å². The maximum Gasteiger partial charge on any atom is 0.222 e. The molecule has 1 aliphatic heterocycles. The first-order chi connectivity index (χ1) is 12.3. The lowest BCUT2D eigenvalue weighted by Crippen LogP contribution is -2.48. The molecule has 0 aliphatic carbocycles. The number of nitrogens with zero attached hydrogens (tertiary/aromatic N) is 2. The summed E-state index contributed by atoms with van der Waals surface area (Å²) >= 11 is 0. The molecule has 1 amide bonds. The first-order valence-electron chi connectivity index (χ1n) is 9.39. The van der Waals surface area contributed by atoms with E-state index in [4.69, 9.17) is 0 Å². The molecule has 1 heterocycles. The first-order valence-corrected chi connectivity index (χ1v) is 9.39. The normalized spacial score (nSPS) is 15.3. The van der Waals surface area contributed by atoms with Crippen molar-refractivity contribution in [3.05, 3.63) is 71.8 Å². The number of rotatable bonds is 7. The molecule has 3 nitrogen and oxygen atoms in total. The van der Waals surface area contributed by atoms with Crippen LogP contribution in [0.15, 0.2) is 60.7 Å². The lowest BCUT2D eigenvalue weighted by molar-refractivity contribution is -0.132. The first kappa shape index (κ1) is 17.7. The third-order valence-corrected chi connectivity index (χ3v) is 4.98. The maximum absolute atomic E-state index is 12.4. The minimum atomic E-state index is 0.299. The van der Waals surface area contributed by atoms with E-state index in [1.165, 1.54) is 17.5 Å². The van der Waals surface area contributed by atoms with Crippen molar-refractivity contribution < 1.29 is 4.79 Å². The van der Waals surface area contributed by atoms with E-state index in [-0.39, 0.29) is 0 Å². The van der Waals surface area contributed by atoms with Gasteiger partial charge in [0.15, 0.2) is 0 Å². The number of carbonyl (C=O) groups excluding carboxylic acids is 1. The summed E-state index contributed by atoms with van der Waals surface area (Å²) in [7, 11) is 0. The lowest BCUT2D eigenvalue weighted by Gasteiger charge is -2.34. The highest BCUT2D eigenvalue weighted by molar-refractivity contribution is 5.76. The zero-order valence-corrected chi connectivity index (χ0v) is 14.9. The van der Waals surface area contributed by atoms with E-state index in [1.807, 2.05) is 23.1 Å². The summed E-state index contributed by atoms with van der Waals surface area (Å²) in [6.07, 6.45) is 3.79. The minimum absolute atomic E-state index is 0.299. The van der Waals surface area contributed by atoms with Gasteiger partial charge in [-0.1, -0.05) is 60.7 Å². The molecule has 2 aromatic rings. The van der Waals surface area contributed by atoms with Gasteiger partial charge in [0.2, 0.25) is 5.91 Å². The van der Waals surface area contributed by atoms with Gasteiger partial charge in [-0.2, -0.15) is 0 Å². The molecule has 0 aromatic heterocycles. The Labute approximate surface area is 151 Å². The van der Waals surface area contributed by atoms with Crippen LogP contribution in [0.25, 0.3) is 0 Å². The van der Waals surface area contributed by atoms with E-state index >= 15 is 0 Å². The summed E-state index contributed by atoms with van der Waals surface area (Å²) in [4.78, 5) is 16.9. The summed E-state index contributed by atoms with van der Waals surface area (Å²) in [6, 6.07) is 21.0. The van der Waals surface area contributed by atoms with Gasteiger partial charge in [0.25, 0.3) is 0 Å². The predicted molar refractivity (Wildman–Crippen MR) is 103 cm³/mol. The van der Waals surface area contributed by atoms with E-state index in [0.717, 1.165) is 45.6 Å². The van der Waals surface area contributed by atoms with Crippen LogP contribution in [0.3, 0.4) is 0 Å². The third-order valence-electron chi connectivity index (χ3n) is 4.98. The molecule has 0 spiro atoms. The summed E-state index contributed by atoms with van der Waals surface area (Å²) in [5.74, 6) is 0.299. The van der Waals surface area contributed by atoms with Gasteiger partial charge in [-0.15, -0.1) is 0 Å². The van der Waals surface area contributed by atoms with Crippen molar-refractivity contribution in [3.63, 3.8) is 0 Å². The zero-order valence-electron chi connectivity index (χ0n) is 14.9. The van der Waals surface area contributed by atoms with Gasteiger partial charge < -0.3 is 4.90 Å². The highest BCUT2D eigenvalue weighted by atomic mass is 16.2. The summed E-state index contributed by atoms with van der Waals surface area (Å²) in [6.45, 7) is 4.89. The van der Waals surface area contributed by atoms with Gasteiger partial charge in [-0.05, 0) is 36.9 Å². The Bertz CT molecular complexity index is 634. The van der Waals surface area contributed by atoms with Crippen LogP contribution in [0.5, 0.6) is 0 Å². The number of hydrogen-bond acceptors (Lipinski definition) is 2. The highest BCUT2D eigenvalue weighted by Crippen LogP contribution is 2.09. The molecule has 1 aliphatic rings. The highest BCUT2D eigenvalue weighted by Gasteiger charge is 2.20. The number of benzene rings is 2. The van der Waals surface area contributed by atoms with Gasteiger partial charge in [-0.3, -0.25) is 9.69 Å². The number of carbonyl (C=O) groups is 1. The molecule has 0 radical (unpaired) electrons. The predicted octanol–water partition coefficient (Wildman–Crippen LogP) is 3.40. The van der Waals surface area contributed by atoms with Crippen molar-refractivity contribution in [1.82, 2.24) is 9.80 Å². The van der Waals surface area contributed by atoms with Crippen LogP contribution < -0.4 is 0 Å². The van der Waals surface area contributed by atoms with Crippen molar-refractivity contribution >= 4 is 5.91 Å². The zero-order chi connectivity index (χ0) is 17.3. The second kappa shape index (κ2) is 9.38. The van der Waals surface area contributed by atoms with Crippen LogP contribution in [0.4, 0.5) is 0 Å². The average Bonchev–Trinajstić information content (AvgIpc) is 2.68. The minimum Gasteiger partial charge on any atom is -0.340 e. The Morgan fingerprint density at radius 3 is 1.92 bits per heavy atom. The van der Waals surface area contributed by atoms with E-state index in [0.29, 0.717) is 12.3 Å². The molecule has 0 N–H and O–H groups in total. The van der Waals surface area contributed by atoms with Crippen LogP contribution in [0.1, 0.15) is 24.0 Å². The van der Waals surface area contributed by atoms with Crippen LogP contribution in [0, 0.1) is 0 Å². The molecule has 3 heteroatoms. The van der Waals surface area contributed by atoms with Crippen LogP contribution in [0.2, 0.25) is 0 Å². The van der Waals surface area contributed by atoms with Crippen molar-refractivity contribution in [2.75, 3.05) is 32.7 Å². The van der Waals surface area contributed by atoms with E-state index in [1.54, 1.807) is 0 Å². The van der Waals surface area contributed by atoms with E-state index in [9.17, 15) is 4.79 Å². The lowest BCUT2D eigenvalue weighted by atomic mass is 10.1. The molecule has 3 rings (SSSR count). The molecule has 0 saturated carbocycles. The molecular formula is C22H28N2O. The van der Waals surface area contributed by atoms with Gasteiger partial charge in [0, 0.05) is 32.6 Å². The Balaban J connectivity index is 1.33. The fourth-order valence-electron chi connectivity index (χ4n) is 3.43. The third kappa shape index (κ3) is 5.71. The number of aryl methyl sites for hydroxylation is 2. The largest absolute Gasteiger partial charge is 0.340 e. The van der Waals surface area contributed by atoms with Gasteiger partial charge in [0.1, 0.15) is 0 Å². The summed E-state index contributed by atoms with van der Waals surface area (Å²) in [5, 5.41) is 0. The van der Waals surface area contributed by atoms with Crippen LogP contribution in [-0.2, 0) is 17.6 Å². The van der Waals surface area contributed by atoms with Gasteiger partial charge in [0.05, 0.1) is 0 Å². The second-order valence-corrected chi connectivity index (χ2v) is 6.80. The van der Waals surface area contributed by atoms with Gasteiger partial charge >= 0.3 is 0 Å². The molecular weight excluding hydrogens is 308 g/mol. The maximum atomic E-state index is 12.4. The summed E-state index contributed by atoms with van der Waals surface area (Å²) in [5.41, 5.74) is 2.66. The fraction of sp³-hybridized carbons (Fsp3) is 0.409. The Kier molecular flexibility index (Phi) is 6.63. The van der Waals surface area contributed by atoms with Crippen molar-refractivity contribution in [2.45, 2.75) is 25.7 Å². The van der Waals surface area contributed by atoms with Crippen molar-refractivity contribution in [1.29, 1.82) is 0 Å². The quantitative estimate of drug-likeness (QED) is 0.774. The monoisotopic (exact) mass is 336 g/mol. The standard InChI is InChI=1S/C22H28N2O/c25-22(14-13-21-10-5-2-6-11-21)24-18-16-23(17-19-24)15-7-12-20-8-3-1-4-9-20/h1-6,8-11H,7,12-19H2. The Morgan fingerprint density at radius 1 is 0.760 bits per heavy atom. The molecule has 1 saturated heterocycles. The molecule has 0 bridgehead atoms. The number of piperazine rings is 1. The van der Waals surface area contributed by atoms with E-state index < -0.39 is 0 Å². The number of hydrogen-bond donors (Lipinski definition) is 0. The molecule has 2 aromatic carbocycles. The Morgan fingerprint density at radius 2 is 1.32 bits per heavy atom. The molecule has 0 unspecified atom stereocenters. The molecule has 1 fully saturated rings. The fourth-order valence-corrected chi connectivity index (χ4v) is 3.43. The average molecular weight is 336 g/mol. The smallest absolute Gasteiger partial charge is 0.222 e. The molecule has 25 heavy (non-hydrogen) atoms. The summed E-state index contributed by atoms with van der Waals surface area (Å²) < 4.78 is 0.